The smallest absolute Gasteiger partial charge is 1.00 e. The average Bonchev–Trinajstić information content (AvgIpc) is 2.02. The van der Waals surface area contributed by atoms with Crippen molar-refractivity contribution >= 4 is 7.32 Å². The normalized spacial score (nSPS) is 10.5. The van der Waals surface area contributed by atoms with Gasteiger partial charge in [0.2, 0.25) is 0 Å². The SMILES string of the molecule is OB(O)Oc1ccc(C(F)(F)F)cc1.[H-].[Na+]. The molecule has 0 unspecified atom stereocenters. The Morgan fingerprint density at radius 2 is 1.60 bits per heavy atom. The number of halogens is 3. The van der Waals surface area contributed by atoms with Crippen molar-refractivity contribution in [3.63, 3.8) is 0 Å². The Balaban J connectivity index is 0. The summed E-state index contributed by atoms with van der Waals surface area (Å²) in [7, 11) is -2.04. The van der Waals surface area contributed by atoms with E-state index in [4.69, 9.17) is 10.0 Å². The molecule has 3 nitrogen and oxygen atoms in total. The van der Waals surface area contributed by atoms with Crippen LogP contribution in [-0.4, -0.2) is 17.4 Å². The molecule has 1 aromatic carbocycles. The summed E-state index contributed by atoms with van der Waals surface area (Å²) in [6.45, 7) is 0. The maximum absolute atomic E-state index is 12.0. The molecule has 8 heteroatoms. The van der Waals surface area contributed by atoms with Crippen LogP contribution in [-0.2, 0) is 6.18 Å². The van der Waals surface area contributed by atoms with Crippen molar-refractivity contribution in [1.82, 2.24) is 0 Å². The summed E-state index contributed by atoms with van der Waals surface area (Å²) in [5.74, 6) is -0.0481. The topological polar surface area (TPSA) is 49.7 Å². The van der Waals surface area contributed by atoms with Crippen LogP contribution in [0.4, 0.5) is 13.2 Å². The maximum atomic E-state index is 12.0. The fourth-order valence-corrected chi connectivity index (χ4v) is 0.844. The van der Waals surface area contributed by atoms with Gasteiger partial charge in [-0.3, -0.25) is 0 Å². The van der Waals surface area contributed by atoms with Crippen molar-refractivity contribution in [1.29, 1.82) is 0 Å². The Kier molecular flexibility index (Phi) is 5.68. The van der Waals surface area contributed by atoms with E-state index in [1.807, 2.05) is 0 Å². The second kappa shape index (κ2) is 5.76. The number of alkyl halides is 3. The van der Waals surface area contributed by atoms with Gasteiger partial charge in [-0.15, -0.1) is 0 Å². The number of benzene rings is 1. The van der Waals surface area contributed by atoms with Gasteiger partial charge < -0.3 is 16.1 Å². The molecule has 0 aromatic heterocycles. The molecule has 0 bridgehead atoms. The van der Waals surface area contributed by atoms with Crippen LogP contribution >= 0.6 is 0 Å². The largest absolute Gasteiger partial charge is 1.00 e. The third-order valence-electron chi connectivity index (χ3n) is 1.42. The molecule has 0 radical (unpaired) electrons. The Hall–Kier alpha value is -0.205. The zero-order valence-electron chi connectivity index (χ0n) is 8.82. The summed E-state index contributed by atoms with van der Waals surface area (Å²) in [5, 5.41) is 16.7. The van der Waals surface area contributed by atoms with Crippen molar-refractivity contribution in [2.75, 3.05) is 0 Å². The molecule has 1 aromatic rings. The molecule has 0 aliphatic rings. The first-order valence-corrected chi connectivity index (χ1v) is 3.59. The molecule has 0 saturated carbocycles. The van der Waals surface area contributed by atoms with E-state index in [0.717, 1.165) is 24.3 Å². The summed E-state index contributed by atoms with van der Waals surface area (Å²) in [6.07, 6.45) is -4.41. The third kappa shape index (κ3) is 4.90. The van der Waals surface area contributed by atoms with Gasteiger partial charge in [0.25, 0.3) is 0 Å². The molecule has 0 heterocycles. The van der Waals surface area contributed by atoms with Gasteiger partial charge in [0, 0.05) is 0 Å². The van der Waals surface area contributed by atoms with Gasteiger partial charge in [-0.2, -0.15) is 13.2 Å². The fourth-order valence-electron chi connectivity index (χ4n) is 0.844. The van der Waals surface area contributed by atoms with E-state index >= 15 is 0 Å². The summed E-state index contributed by atoms with van der Waals surface area (Å²) in [5.41, 5.74) is -0.822. The summed E-state index contributed by atoms with van der Waals surface area (Å²) in [4.78, 5) is 0. The van der Waals surface area contributed by atoms with Crippen molar-refractivity contribution in [3.05, 3.63) is 29.8 Å². The Bertz CT molecular complexity index is 307. The van der Waals surface area contributed by atoms with Gasteiger partial charge >= 0.3 is 43.1 Å². The van der Waals surface area contributed by atoms with Crippen LogP contribution in [0.3, 0.4) is 0 Å². The molecule has 0 fully saturated rings. The molecule has 0 saturated heterocycles. The van der Waals surface area contributed by atoms with Gasteiger partial charge in [-0.25, -0.2) is 0 Å². The zero-order valence-corrected chi connectivity index (χ0v) is 9.82. The fraction of sp³-hybridized carbons (Fsp3) is 0.143. The Morgan fingerprint density at radius 1 is 1.13 bits per heavy atom. The van der Waals surface area contributed by atoms with E-state index in [1.165, 1.54) is 0 Å². The first-order valence-electron chi connectivity index (χ1n) is 3.59. The number of hydrogen-bond donors (Lipinski definition) is 2. The standard InChI is InChI=1S/C7H6BF3O3.Na.H/c9-7(10,11)5-1-3-6(4-2-5)14-8(12)13;;/h1-4,12-13H;;/q;+1;-1. The molecule has 78 valence electrons. The molecule has 0 aliphatic heterocycles. The van der Waals surface area contributed by atoms with E-state index in [0.29, 0.717) is 0 Å². The quantitative estimate of drug-likeness (QED) is 0.587. The van der Waals surface area contributed by atoms with E-state index in [9.17, 15) is 13.2 Å². The minimum absolute atomic E-state index is 0. The van der Waals surface area contributed by atoms with E-state index in [2.05, 4.69) is 4.65 Å². The molecule has 1 rings (SSSR count). The molecule has 0 atom stereocenters. The van der Waals surface area contributed by atoms with Crippen LogP contribution in [0.15, 0.2) is 24.3 Å². The van der Waals surface area contributed by atoms with Gasteiger partial charge in [-0.1, -0.05) is 0 Å². The maximum Gasteiger partial charge on any atom is 1.00 e. The summed E-state index contributed by atoms with van der Waals surface area (Å²) >= 11 is 0. The van der Waals surface area contributed by atoms with Crippen LogP contribution in [0.2, 0.25) is 0 Å². The van der Waals surface area contributed by atoms with Crippen molar-refractivity contribution in [2.45, 2.75) is 6.18 Å². The number of hydrogen-bond acceptors (Lipinski definition) is 3. The van der Waals surface area contributed by atoms with Crippen LogP contribution < -0.4 is 34.2 Å². The predicted octanol–water partition coefficient (Wildman–Crippen LogP) is -1.83. The van der Waals surface area contributed by atoms with Crippen molar-refractivity contribution in [3.8, 4) is 5.75 Å². The van der Waals surface area contributed by atoms with Crippen molar-refractivity contribution in [2.24, 2.45) is 0 Å². The van der Waals surface area contributed by atoms with Crippen LogP contribution in [0, 0.1) is 0 Å². The monoisotopic (exact) mass is 230 g/mol. The molecule has 0 amide bonds. The molecule has 2 N–H and O–H groups in total. The zero-order chi connectivity index (χ0) is 10.8. The van der Waals surface area contributed by atoms with Gasteiger partial charge in [0.15, 0.2) is 0 Å². The number of rotatable bonds is 2. The summed E-state index contributed by atoms with van der Waals surface area (Å²) < 4.78 is 40.5. The first-order chi connectivity index (χ1) is 6.39. The Morgan fingerprint density at radius 3 is 1.93 bits per heavy atom. The second-order valence-electron chi connectivity index (χ2n) is 2.47. The second-order valence-corrected chi connectivity index (χ2v) is 2.47. The summed E-state index contributed by atoms with van der Waals surface area (Å²) in [6, 6.07) is 3.58. The van der Waals surface area contributed by atoms with Crippen LogP contribution in [0.1, 0.15) is 6.99 Å². The van der Waals surface area contributed by atoms with E-state index < -0.39 is 19.1 Å². The Labute approximate surface area is 108 Å². The predicted molar refractivity (Wildman–Crippen MR) is 43.4 cm³/mol. The minimum Gasteiger partial charge on any atom is -1.00 e. The van der Waals surface area contributed by atoms with Gasteiger partial charge in [0.05, 0.1) is 5.56 Å². The van der Waals surface area contributed by atoms with Crippen molar-refractivity contribution < 1.29 is 58.9 Å². The van der Waals surface area contributed by atoms with Gasteiger partial charge in [-0.05, 0) is 24.3 Å². The molecule has 0 spiro atoms. The molecule has 15 heavy (non-hydrogen) atoms. The van der Waals surface area contributed by atoms with Crippen LogP contribution in [0.5, 0.6) is 5.75 Å². The molecular weight excluding hydrogens is 223 g/mol. The molecule has 0 aliphatic carbocycles. The van der Waals surface area contributed by atoms with Crippen LogP contribution in [0.25, 0.3) is 0 Å². The van der Waals surface area contributed by atoms with E-state index in [1.54, 1.807) is 0 Å². The van der Waals surface area contributed by atoms with Gasteiger partial charge in [0.1, 0.15) is 5.75 Å². The first kappa shape index (κ1) is 14.8. The minimum atomic E-state index is -4.41. The third-order valence-corrected chi connectivity index (χ3v) is 1.42. The average molecular weight is 230 g/mol. The van der Waals surface area contributed by atoms with E-state index in [-0.39, 0.29) is 36.7 Å². The molecular formula is C7H7BF3NaO3.